The van der Waals surface area contributed by atoms with Crippen molar-refractivity contribution >= 4 is 10.2 Å². The van der Waals surface area contributed by atoms with Crippen LogP contribution >= 0.6 is 0 Å². The van der Waals surface area contributed by atoms with E-state index in [1.165, 1.54) is 48.4 Å². The SMILES string of the molecule is CCOC(CCCCCCCC[SiH3])(OCC)OCC. The van der Waals surface area contributed by atoms with Gasteiger partial charge in [0.1, 0.15) is 0 Å². The lowest BCUT2D eigenvalue weighted by molar-refractivity contribution is -0.380. The fraction of sp³-hybridized carbons (Fsp3) is 1.00. The average molecular weight is 291 g/mol. The fourth-order valence-corrected chi connectivity index (χ4v) is 2.80. The Morgan fingerprint density at radius 1 is 0.684 bits per heavy atom. The van der Waals surface area contributed by atoms with Crippen molar-refractivity contribution in [2.24, 2.45) is 0 Å². The summed E-state index contributed by atoms with van der Waals surface area (Å²) in [5.41, 5.74) is 0. The zero-order valence-electron chi connectivity index (χ0n) is 13.5. The van der Waals surface area contributed by atoms with Crippen molar-refractivity contribution in [2.45, 2.75) is 77.7 Å². The Morgan fingerprint density at radius 3 is 1.53 bits per heavy atom. The van der Waals surface area contributed by atoms with E-state index >= 15 is 0 Å². The minimum Gasteiger partial charge on any atom is -0.328 e. The summed E-state index contributed by atoms with van der Waals surface area (Å²) in [5, 5.41) is 0. The minimum atomic E-state index is -0.798. The van der Waals surface area contributed by atoms with Crippen LogP contribution in [-0.2, 0) is 14.2 Å². The summed E-state index contributed by atoms with van der Waals surface area (Å²) in [4.78, 5) is 0. The molecule has 0 aliphatic rings. The first-order valence-corrected chi connectivity index (χ1v) is 9.57. The Labute approximate surface area is 122 Å². The Hall–Kier alpha value is 0.0969. The van der Waals surface area contributed by atoms with Crippen molar-refractivity contribution < 1.29 is 14.2 Å². The van der Waals surface area contributed by atoms with Gasteiger partial charge in [-0.3, -0.25) is 0 Å². The summed E-state index contributed by atoms with van der Waals surface area (Å²) in [6, 6.07) is 1.45. The molecule has 19 heavy (non-hydrogen) atoms. The van der Waals surface area contributed by atoms with Gasteiger partial charge in [-0.15, -0.1) is 0 Å². The van der Waals surface area contributed by atoms with E-state index in [0.717, 1.165) is 12.8 Å². The maximum atomic E-state index is 5.72. The molecule has 0 saturated heterocycles. The third kappa shape index (κ3) is 9.60. The Bertz CT molecular complexity index is 171. The Balaban J connectivity index is 3.89. The average Bonchev–Trinajstić information content (AvgIpc) is 2.39. The first-order chi connectivity index (χ1) is 9.24. The van der Waals surface area contributed by atoms with Gasteiger partial charge in [0, 0.05) is 36.5 Å². The summed E-state index contributed by atoms with van der Waals surface area (Å²) < 4.78 is 17.1. The second-order valence-corrected chi connectivity index (χ2v) is 5.85. The van der Waals surface area contributed by atoms with Gasteiger partial charge in [0.2, 0.25) is 0 Å². The molecule has 0 unspecified atom stereocenters. The molecular formula is C15H34O3Si. The summed E-state index contributed by atoms with van der Waals surface area (Å²) in [6.45, 7) is 7.84. The maximum Gasteiger partial charge on any atom is 0.282 e. The molecule has 0 aromatic carbocycles. The highest BCUT2D eigenvalue weighted by Gasteiger charge is 2.31. The second kappa shape index (κ2) is 13.1. The molecule has 0 bridgehead atoms. The van der Waals surface area contributed by atoms with Gasteiger partial charge in [0.05, 0.1) is 0 Å². The molecule has 116 valence electrons. The molecule has 0 aromatic heterocycles. The van der Waals surface area contributed by atoms with Crippen LogP contribution < -0.4 is 0 Å². The van der Waals surface area contributed by atoms with Crippen LogP contribution in [0.2, 0.25) is 6.04 Å². The van der Waals surface area contributed by atoms with Crippen molar-refractivity contribution in [3.05, 3.63) is 0 Å². The van der Waals surface area contributed by atoms with Crippen LogP contribution in [0.25, 0.3) is 0 Å². The predicted octanol–water partition coefficient (Wildman–Crippen LogP) is 3.26. The number of hydrogen-bond acceptors (Lipinski definition) is 3. The Morgan fingerprint density at radius 2 is 1.11 bits per heavy atom. The van der Waals surface area contributed by atoms with Crippen molar-refractivity contribution in [3.8, 4) is 0 Å². The summed E-state index contributed by atoms with van der Waals surface area (Å²) in [7, 11) is 1.35. The van der Waals surface area contributed by atoms with Crippen LogP contribution in [0.1, 0.15) is 65.7 Å². The smallest absolute Gasteiger partial charge is 0.282 e. The van der Waals surface area contributed by atoms with Crippen molar-refractivity contribution in [2.75, 3.05) is 19.8 Å². The van der Waals surface area contributed by atoms with Gasteiger partial charge in [-0.05, 0) is 27.2 Å². The van der Waals surface area contributed by atoms with Gasteiger partial charge in [0.25, 0.3) is 5.97 Å². The predicted molar refractivity (Wildman–Crippen MR) is 84.7 cm³/mol. The summed E-state index contributed by atoms with van der Waals surface area (Å²) in [6.07, 6.45) is 8.71. The number of hydrogen-bond donors (Lipinski definition) is 0. The molecule has 0 aromatic rings. The van der Waals surface area contributed by atoms with E-state index in [1.54, 1.807) is 0 Å². The molecule has 0 amide bonds. The van der Waals surface area contributed by atoms with Gasteiger partial charge >= 0.3 is 0 Å². The van der Waals surface area contributed by atoms with E-state index in [-0.39, 0.29) is 0 Å². The highest BCUT2D eigenvalue weighted by molar-refractivity contribution is 6.08. The molecular weight excluding hydrogens is 256 g/mol. The lowest BCUT2D eigenvalue weighted by Gasteiger charge is -2.32. The maximum absolute atomic E-state index is 5.72. The monoisotopic (exact) mass is 290 g/mol. The number of rotatable bonds is 14. The third-order valence-electron chi connectivity index (χ3n) is 3.18. The molecule has 0 rings (SSSR count). The zero-order valence-corrected chi connectivity index (χ0v) is 15.5. The fourth-order valence-electron chi connectivity index (χ4n) is 2.30. The van der Waals surface area contributed by atoms with Crippen LogP contribution in [0.3, 0.4) is 0 Å². The van der Waals surface area contributed by atoms with Crippen molar-refractivity contribution in [1.82, 2.24) is 0 Å². The minimum absolute atomic E-state index is 0.625. The van der Waals surface area contributed by atoms with E-state index in [1.807, 2.05) is 20.8 Å². The van der Waals surface area contributed by atoms with E-state index in [9.17, 15) is 0 Å². The van der Waals surface area contributed by atoms with Gasteiger partial charge in [-0.25, -0.2) is 0 Å². The van der Waals surface area contributed by atoms with Crippen molar-refractivity contribution in [3.63, 3.8) is 0 Å². The molecule has 0 atom stereocenters. The van der Waals surface area contributed by atoms with Gasteiger partial charge < -0.3 is 14.2 Å². The van der Waals surface area contributed by atoms with Gasteiger partial charge in [-0.2, -0.15) is 0 Å². The lowest BCUT2D eigenvalue weighted by atomic mass is 10.1. The van der Waals surface area contributed by atoms with E-state index in [2.05, 4.69) is 0 Å². The van der Waals surface area contributed by atoms with Gasteiger partial charge in [0.15, 0.2) is 0 Å². The van der Waals surface area contributed by atoms with Gasteiger partial charge in [-0.1, -0.05) is 38.1 Å². The molecule has 0 N–H and O–H groups in total. The standard InChI is InChI=1S/C15H34O3Si/c1-4-16-15(17-5-2,18-6-3)13-11-9-7-8-10-12-14-19/h4-14H2,1-3,19H3. The normalized spacial score (nSPS) is 12.2. The van der Waals surface area contributed by atoms with Crippen LogP contribution in [0.5, 0.6) is 0 Å². The molecule has 0 heterocycles. The topological polar surface area (TPSA) is 27.7 Å². The first-order valence-electron chi connectivity index (χ1n) is 8.16. The molecule has 0 aliphatic heterocycles. The van der Waals surface area contributed by atoms with Crippen molar-refractivity contribution in [1.29, 1.82) is 0 Å². The lowest BCUT2D eigenvalue weighted by Crippen LogP contribution is -2.39. The second-order valence-electron chi connectivity index (χ2n) is 4.85. The molecule has 0 saturated carbocycles. The zero-order chi connectivity index (χ0) is 14.4. The summed E-state index contributed by atoms with van der Waals surface area (Å²) in [5.74, 6) is -0.798. The van der Waals surface area contributed by atoms with Crippen LogP contribution in [0.4, 0.5) is 0 Å². The molecule has 4 heteroatoms. The van der Waals surface area contributed by atoms with Crippen LogP contribution in [0, 0.1) is 0 Å². The largest absolute Gasteiger partial charge is 0.328 e. The molecule has 3 nitrogen and oxygen atoms in total. The molecule has 0 spiro atoms. The number of ether oxygens (including phenoxy) is 3. The Kier molecular flexibility index (Phi) is 13.2. The van der Waals surface area contributed by atoms with Crippen LogP contribution in [0.15, 0.2) is 0 Å². The van der Waals surface area contributed by atoms with E-state index in [4.69, 9.17) is 14.2 Å². The molecule has 0 aliphatic carbocycles. The number of unbranched alkanes of at least 4 members (excludes halogenated alkanes) is 5. The van der Waals surface area contributed by atoms with E-state index in [0.29, 0.717) is 19.8 Å². The first kappa shape index (κ1) is 19.1. The molecule has 0 radical (unpaired) electrons. The molecule has 0 fully saturated rings. The quantitative estimate of drug-likeness (QED) is 0.279. The highest BCUT2D eigenvalue weighted by atomic mass is 28.1. The van der Waals surface area contributed by atoms with Crippen LogP contribution in [-0.4, -0.2) is 36.0 Å². The summed E-state index contributed by atoms with van der Waals surface area (Å²) >= 11 is 0. The van der Waals surface area contributed by atoms with E-state index < -0.39 is 5.97 Å². The third-order valence-corrected chi connectivity index (χ3v) is 3.89. The highest BCUT2D eigenvalue weighted by Crippen LogP contribution is 2.24.